The van der Waals surface area contributed by atoms with Crippen molar-refractivity contribution in [1.82, 2.24) is 0 Å². The monoisotopic (exact) mass is 282 g/mol. The second kappa shape index (κ2) is 6.37. The van der Waals surface area contributed by atoms with Crippen molar-refractivity contribution in [1.29, 1.82) is 0 Å². The van der Waals surface area contributed by atoms with Crippen LogP contribution in [0.5, 0.6) is 0 Å². The van der Waals surface area contributed by atoms with Crippen molar-refractivity contribution >= 4 is 0 Å². The molecule has 0 aromatic rings. The maximum atomic E-state index is 5.84. The van der Waals surface area contributed by atoms with E-state index in [1.54, 1.807) is 0 Å². The molecule has 0 spiro atoms. The molecule has 0 N–H and O–H groups in total. The van der Waals surface area contributed by atoms with Gasteiger partial charge in [0.05, 0.1) is 0 Å². The number of hydrogen-bond donors (Lipinski definition) is 0. The summed E-state index contributed by atoms with van der Waals surface area (Å²) in [7, 11) is 0. The van der Waals surface area contributed by atoms with Crippen LogP contribution >= 0.6 is 0 Å². The van der Waals surface area contributed by atoms with Gasteiger partial charge in [0.15, 0.2) is 0 Å². The molecule has 0 heterocycles. The molecular weight excluding hydrogens is 259 g/mol. The Kier molecular flexibility index (Phi) is 6.72. The fourth-order valence-electron chi connectivity index (χ4n) is 1.34. The third kappa shape index (κ3) is 3.73. The molecule has 86 valence electrons. The van der Waals surface area contributed by atoms with E-state index in [4.69, 9.17) is 8.44 Å². The van der Waals surface area contributed by atoms with E-state index >= 15 is 0 Å². The fourth-order valence-corrected chi connectivity index (χ4v) is 7.95. The standard InChI is InChI=1S/C4H9.3C2H5O.Zr/c1-4(2)3;3*1-2-3;/h1-3H3;3*2H2,1H3;/q;3*-1;+3. The van der Waals surface area contributed by atoms with Crippen molar-refractivity contribution in [3.63, 3.8) is 0 Å². The predicted molar refractivity (Wildman–Crippen MR) is 54.6 cm³/mol. The Morgan fingerprint density at radius 2 is 1.07 bits per heavy atom. The first-order valence-electron chi connectivity index (χ1n) is 5.35. The zero-order valence-corrected chi connectivity index (χ0v) is 12.8. The zero-order valence-electron chi connectivity index (χ0n) is 10.3. The fraction of sp³-hybridized carbons (Fsp3) is 1.00. The average Bonchev–Trinajstić information content (AvgIpc) is 2.03. The van der Waals surface area contributed by atoms with Crippen molar-refractivity contribution in [2.75, 3.05) is 19.8 Å². The van der Waals surface area contributed by atoms with E-state index in [1.165, 1.54) is 0 Å². The molecule has 0 fully saturated rings. The molecule has 0 radical (unpaired) electrons. The second-order valence-corrected chi connectivity index (χ2v) is 12.7. The topological polar surface area (TPSA) is 27.7 Å². The van der Waals surface area contributed by atoms with Crippen molar-refractivity contribution in [2.24, 2.45) is 0 Å². The van der Waals surface area contributed by atoms with Gasteiger partial charge in [-0.1, -0.05) is 0 Å². The van der Waals surface area contributed by atoms with Crippen LogP contribution in [0.15, 0.2) is 0 Å². The van der Waals surface area contributed by atoms with E-state index in [-0.39, 0.29) is 3.12 Å². The molecule has 0 aromatic carbocycles. The first-order chi connectivity index (χ1) is 6.43. The summed E-state index contributed by atoms with van der Waals surface area (Å²) in [5, 5.41) is 0. The third-order valence-corrected chi connectivity index (χ3v) is 11.4. The summed E-state index contributed by atoms with van der Waals surface area (Å²) in [5.41, 5.74) is 0. The third-order valence-electron chi connectivity index (χ3n) is 1.92. The van der Waals surface area contributed by atoms with Gasteiger partial charge in [-0.25, -0.2) is 0 Å². The van der Waals surface area contributed by atoms with E-state index in [1.807, 2.05) is 20.8 Å². The molecule has 4 heteroatoms. The minimum atomic E-state index is -3.31. The Balaban J connectivity index is 4.73. The molecule has 0 aliphatic heterocycles. The molecule has 0 rings (SSSR count). The van der Waals surface area contributed by atoms with Gasteiger partial charge < -0.3 is 0 Å². The van der Waals surface area contributed by atoms with E-state index in [2.05, 4.69) is 20.8 Å². The van der Waals surface area contributed by atoms with Gasteiger partial charge in [-0.2, -0.15) is 0 Å². The van der Waals surface area contributed by atoms with Gasteiger partial charge in [0, 0.05) is 0 Å². The van der Waals surface area contributed by atoms with Crippen LogP contribution < -0.4 is 0 Å². The zero-order chi connectivity index (χ0) is 11.2. The summed E-state index contributed by atoms with van der Waals surface area (Å²) >= 11 is -3.31. The van der Waals surface area contributed by atoms with Crippen molar-refractivity contribution in [2.45, 2.75) is 44.7 Å². The van der Waals surface area contributed by atoms with Crippen molar-refractivity contribution < 1.29 is 30.0 Å². The maximum absolute atomic E-state index is 5.84. The Morgan fingerprint density at radius 3 is 1.21 bits per heavy atom. The Bertz CT molecular complexity index is 137. The van der Waals surface area contributed by atoms with Crippen LogP contribution in [0.1, 0.15) is 41.5 Å². The molecule has 0 amide bonds. The van der Waals surface area contributed by atoms with Gasteiger partial charge in [-0.05, 0) is 0 Å². The Labute approximate surface area is 94.4 Å². The van der Waals surface area contributed by atoms with Crippen LogP contribution in [0.3, 0.4) is 0 Å². The van der Waals surface area contributed by atoms with E-state index in [0.717, 1.165) is 0 Å². The molecular formula is C10H24O3Zr. The van der Waals surface area contributed by atoms with Crippen molar-refractivity contribution in [3.8, 4) is 0 Å². The number of rotatable bonds is 6. The molecule has 0 aliphatic carbocycles. The summed E-state index contributed by atoms with van der Waals surface area (Å²) < 4.78 is 17.5. The molecule has 3 nitrogen and oxygen atoms in total. The van der Waals surface area contributed by atoms with Crippen LogP contribution in [0, 0.1) is 0 Å². The second-order valence-electron chi connectivity index (χ2n) is 4.11. The quantitative estimate of drug-likeness (QED) is 0.749. The van der Waals surface area contributed by atoms with E-state index in [0.29, 0.717) is 19.8 Å². The van der Waals surface area contributed by atoms with Crippen LogP contribution in [-0.4, -0.2) is 19.8 Å². The summed E-state index contributed by atoms with van der Waals surface area (Å²) in [6, 6.07) is 0. The first kappa shape index (κ1) is 14.8. The summed E-state index contributed by atoms with van der Waals surface area (Å²) in [4.78, 5) is 0. The van der Waals surface area contributed by atoms with E-state index in [9.17, 15) is 0 Å². The normalized spacial score (nSPS) is 13.3. The van der Waals surface area contributed by atoms with Gasteiger partial charge in [0.2, 0.25) is 0 Å². The van der Waals surface area contributed by atoms with Crippen LogP contribution in [-0.2, 0) is 30.0 Å². The van der Waals surface area contributed by atoms with Crippen molar-refractivity contribution in [3.05, 3.63) is 0 Å². The summed E-state index contributed by atoms with van der Waals surface area (Å²) in [6.45, 7) is 14.4. The van der Waals surface area contributed by atoms with Gasteiger partial charge in [-0.15, -0.1) is 0 Å². The summed E-state index contributed by atoms with van der Waals surface area (Å²) in [6.07, 6.45) is 0. The molecule has 0 aliphatic rings. The van der Waals surface area contributed by atoms with Crippen LogP contribution in [0.25, 0.3) is 0 Å². The van der Waals surface area contributed by atoms with Crippen LogP contribution in [0.2, 0.25) is 3.12 Å². The molecule has 0 bridgehead atoms. The van der Waals surface area contributed by atoms with Gasteiger partial charge >= 0.3 is 94.5 Å². The molecule has 0 atom stereocenters. The predicted octanol–water partition coefficient (Wildman–Crippen LogP) is 3.21. The Morgan fingerprint density at radius 1 is 0.786 bits per heavy atom. The SMILES string of the molecule is CC[O][Zr]([O]CC)([O]CC)[C](C)(C)C. The van der Waals surface area contributed by atoms with Gasteiger partial charge in [-0.3, -0.25) is 0 Å². The molecule has 0 saturated heterocycles. The van der Waals surface area contributed by atoms with Gasteiger partial charge in [0.1, 0.15) is 0 Å². The van der Waals surface area contributed by atoms with E-state index < -0.39 is 21.6 Å². The Hall–Kier alpha value is 0.763. The first-order valence-corrected chi connectivity index (χ1v) is 9.59. The molecule has 0 saturated carbocycles. The van der Waals surface area contributed by atoms with Crippen LogP contribution in [0.4, 0.5) is 0 Å². The number of hydrogen-bond acceptors (Lipinski definition) is 3. The average molecular weight is 284 g/mol. The molecule has 0 unspecified atom stereocenters. The summed E-state index contributed by atoms with van der Waals surface area (Å²) in [5.74, 6) is 0. The molecule has 14 heavy (non-hydrogen) atoms. The molecule has 0 aromatic heterocycles. The minimum absolute atomic E-state index is 0.0106. The van der Waals surface area contributed by atoms with Gasteiger partial charge in [0.25, 0.3) is 0 Å².